The molecule has 3 aliphatic heterocycles. The summed E-state index contributed by atoms with van der Waals surface area (Å²) < 4.78 is 6.24. The molecule has 2 aromatic rings. The van der Waals surface area contributed by atoms with Crippen molar-refractivity contribution in [1.29, 1.82) is 0 Å². The van der Waals surface area contributed by atoms with Gasteiger partial charge in [-0.15, -0.1) is 0 Å². The van der Waals surface area contributed by atoms with Crippen LogP contribution in [0.2, 0.25) is 0 Å². The number of ether oxygens (including phenoxy) is 1. The zero-order chi connectivity index (χ0) is 23.2. The van der Waals surface area contributed by atoms with Gasteiger partial charge in [0, 0.05) is 35.8 Å². The van der Waals surface area contributed by atoms with Gasteiger partial charge in [-0.05, 0) is 70.5 Å². The van der Waals surface area contributed by atoms with E-state index >= 15 is 0 Å². The summed E-state index contributed by atoms with van der Waals surface area (Å²) in [5, 5.41) is 9.73. The van der Waals surface area contributed by atoms with Crippen LogP contribution < -0.4 is 9.64 Å². The third-order valence-electron chi connectivity index (χ3n) is 7.45. The zero-order valence-electron chi connectivity index (χ0n) is 19.9. The highest BCUT2D eigenvalue weighted by Crippen LogP contribution is 2.42. The topological polar surface area (TPSA) is 56.3 Å². The van der Waals surface area contributed by atoms with Gasteiger partial charge in [0.15, 0.2) is 0 Å². The lowest BCUT2D eigenvalue weighted by Crippen LogP contribution is -2.65. The number of hydrogen-bond acceptors (Lipinski definition) is 4. The maximum atomic E-state index is 11.9. The highest BCUT2D eigenvalue weighted by atomic mass is 16.5. The van der Waals surface area contributed by atoms with E-state index in [1.165, 1.54) is 17.5 Å². The minimum atomic E-state index is -0.841. The van der Waals surface area contributed by atoms with Crippen molar-refractivity contribution in [2.45, 2.75) is 57.2 Å². The Kier molecular flexibility index (Phi) is 5.73. The van der Waals surface area contributed by atoms with Gasteiger partial charge in [0.05, 0.1) is 12.1 Å². The van der Waals surface area contributed by atoms with Gasteiger partial charge < -0.3 is 14.7 Å². The van der Waals surface area contributed by atoms with Crippen molar-refractivity contribution in [2.75, 3.05) is 37.7 Å². The summed E-state index contributed by atoms with van der Waals surface area (Å²) in [5.74, 6) is 1.38. The highest BCUT2D eigenvalue weighted by molar-refractivity contribution is 5.68. The van der Waals surface area contributed by atoms with Crippen molar-refractivity contribution in [3.05, 3.63) is 59.7 Å². The first-order valence-electron chi connectivity index (χ1n) is 12.1. The number of benzene rings is 2. The zero-order valence-corrected chi connectivity index (χ0v) is 19.9. The van der Waals surface area contributed by atoms with Crippen LogP contribution in [0.1, 0.15) is 44.2 Å². The Labute approximate surface area is 196 Å². The fourth-order valence-corrected chi connectivity index (χ4v) is 5.62. The number of hydrogen-bond donors (Lipinski definition) is 1. The standard InChI is InChI=1S/C27H35N3O3/c1-27(2,3)30(26(31)32)21-16-29(17-21)20-10-11-25-23(15-20)22(14-19-8-5-4-6-9-19)24(18-33-25)28-12-7-13-28/h4-6,8-11,15,21-22,24H,7,12-14,16-18H2,1-3H3,(H,31,32)/t22-,24+/m1/s1. The minimum absolute atomic E-state index is 0.0173. The average Bonchev–Trinajstić information content (AvgIpc) is 2.70. The van der Waals surface area contributed by atoms with Crippen molar-refractivity contribution >= 4 is 11.8 Å². The largest absolute Gasteiger partial charge is 0.492 e. The molecule has 0 saturated carbocycles. The normalized spacial score (nSPS) is 23.2. The third-order valence-corrected chi connectivity index (χ3v) is 7.45. The van der Waals surface area contributed by atoms with Gasteiger partial charge in [0.2, 0.25) is 0 Å². The van der Waals surface area contributed by atoms with Crippen LogP contribution in [0.3, 0.4) is 0 Å². The van der Waals surface area contributed by atoms with Gasteiger partial charge in [0.1, 0.15) is 12.4 Å². The second-order valence-corrected chi connectivity index (χ2v) is 10.7. The number of carboxylic acid groups (broad SMARTS) is 1. The van der Waals surface area contributed by atoms with Crippen molar-refractivity contribution in [2.24, 2.45) is 0 Å². The predicted molar refractivity (Wildman–Crippen MR) is 130 cm³/mol. The summed E-state index contributed by atoms with van der Waals surface area (Å²) >= 11 is 0. The molecule has 1 N–H and O–H groups in total. The Bertz CT molecular complexity index is 993. The van der Waals surface area contributed by atoms with Crippen LogP contribution in [-0.2, 0) is 6.42 Å². The van der Waals surface area contributed by atoms with E-state index in [1.807, 2.05) is 20.8 Å². The Morgan fingerprint density at radius 3 is 2.45 bits per heavy atom. The number of fused-ring (bicyclic) bond motifs is 1. The lowest BCUT2D eigenvalue weighted by atomic mass is 9.82. The average molecular weight is 450 g/mol. The summed E-state index contributed by atoms with van der Waals surface area (Å²) in [6, 6.07) is 17.7. The Hall–Kier alpha value is -2.73. The van der Waals surface area contributed by atoms with Crippen LogP contribution >= 0.6 is 0 Å². The van der Waals surface area contributed by atoms with Crippen molar-refractivity contribution in [3.63, 3.8) is 0 Å². The fraction of sp³-hybridized carbons (Fsp3) is 0.519. The van der Waals surface area contributed by atoms with Gasteiger partial charge in [-0.2, -0.15) is 0 Å². The summed E-state index contributed by atoms with van der Waals surface area (Å²) in [5.41, 5.74) is 3.40. The van der Waals surface area contributed by atoms with E-state index in [0.29, 0.717) is 12.0 Å². The minimum Gasteiger partial charge on any atom is -0.492 e. The van der Waals surface area contributed by atoms with E-state index in [-0.39, 0.29) is 6.04 Å². The molecule has 0 radical (unpaired) electrons. The first kappa shape index (κ1) is 22.1. The van der Waals surface area contributed by atoms with E-state index in [0.717, 1.165) is 50.6 Å². The molecule has 6 heteroatoms. The molecule has 0 bridgehead atoms. The molecular formula is C27H35N3O3. The number of carbonyl (C=O) groups is 1. The molecule has 2 aromatic carbocycles. The highest BCUT2D eigenvalue weighted by Gasteiger charge is 2.41. The summed E-state index contributed by atoms with van der Waals surface area (Å²) in [7, 11) is 0. The molecule has 2 saturated heterocycles. The van der Waals surface area contributed by atoms with Gasteiger partial charge in [-0.1, -0.05) is 30.3 Å². The van der Waals surface area contributed by atoms with E-state index in [2.05, 4.69) is 58.3 Å². The van der Waals surface area contributed by atoms with Crippen molar-refractivity contribution < 1.29 is 14.6 Å². The molecular weight excluding hydrogens is 414 g/mol. The Morgan fingerprint density at radius 2 is 1.85 bits per heavy atom. The molecule has 3 heterocycles. The molecule has 33 heavy (non-hydrogen) atoms. The monoisotopic (exact) mass is 449 g/mol. The van der Waals surface area contributed by atoms with Gasteiger partial charge in [0.25, 0.3) is 0 Å². The third kappa shape index (κ3) is 4.29. The number of likely N-dealkylation sites (tertiary alicyclic amines) is 1. The predicted octanol–water partition coefficient (Wildman–Crippen LogP) is 4.45. The second kappa shape index (κ2) is 8.56. The number of rotatable bonds is 5. The molecule has 3 aliphatic rings. The van der Waals surface area contributed by atoms with Crippen LogP contribution in [0.15, 0.2) is 48.5 Å². The lowest BCUT2D eigenvalue weighted by Gasteiger charge is -2.50. The van der Waals surface area contributed by atoms with Gasteiger partial charge in [-0.25, -0.2) is 4.79 Å². The summed E-state index contributed by atoms with van der Waals surface area (Å²) in [4.78, 5) is 18.3. The maximum Gasteiger partial charge on any atom is 0.408 e. The molecule has 0 unspecified atom stereocenters. The smallest absolute Gasteiger partial charge is 0.408 e. The molecule has 2 fully saturated rings. The van der Waals surface area contributed by atoms with E-state index in [4.69, 9.17) is 4.74 Å². The first-order chi connectivity index (χ1) is 15.8. The fourth-order valence-electron chi connectivity index (χ4n) is 5.62. The molecule has 0 spiro atoms. The Morgan fingerprint density at radius 1 is 1.12 bits per heavy atom. The lowest BCUT2D eigenvalue weighted by molar-refractivity contribution is 0.0501. The first-order valence-corrected chi connectivity index (χ1v) is 12.1. The van der Waals surface area contributed by atoms with Crippen LogP contribution in [0.25, 0.3) is 0 Å². The number of anilines is 1. The molecule has 2 atom stereocenters. The van der Waals surface area contributed by atoms with E-state index < -0.39 is 11.6 Å². The maximum absolute atomic E-state index is 11.9. The molecule has 0 aliphatic carbocycles. The molecule has 0 aromatic heterocycles. The van der Waals surface area contributed by atoms with E-state index in [1.54, 1.807) is 4.90 Å². The van der Waals surface area contributed by atoms with Crippen LogP contribution in [0, 0.1) is 0 Å². The summed E-state index contributed by atoms with van der Waals surface area (Å²) in [6.07, 6.45) is 1.43. The molecule has 5 rings (SSSR count). The van der Waals surface area contributed by atoms with Gasteiger partial charge >= 0.3 is 6.09 Å². The van der Waals surface area contributed by atoms with Crippen molar-refractivity contribution in [3.8, 4) is 5.75 Å². The van der Waals surface area contributed by atoms with Crippen LogP contribution in [-0.4, -0.2) is 71.4 Å². The van der Waals surface area contributed by atoms with Crippen LogP contribution in [0.4, 0.5) is 10.5 Å². The molecule has 1 amide bonds. The number of amides is 1. The quantitative estimate of drug-likeness (QED) is 0.731. The second-order valence-electron chi connectivity index (χ2n) is 10.7. The van der Waals surface area contributed by atoms with E-state index in [9.17, 15) is 9.90 Å². The van der Waals surface area contributed by atoms with Crippen LogP contribution in [0.5, 0.6) is 5.75 Å². The number of nitrogens with zero attached hydrogens (tertiary/aromatic N) is 3. The molecule has 176 valence electrons. The van der Waals surface area contributed by atoms with Crippen molar-refractivity contribution in [1.82, 2.24) is 9.80 Å². The molecule has 6 nitrogen and oxygen atoms in total. The van der Waals surface area contributed by atoms with Gasteiger partial charge in [-0.3, -0.25) is 9.80 Å². The Balaban J connectivity index is 1.39. The SMILES string of the molecule is CC(C)(C)N(C(=O)O)C1CN(c2ccc3c(c2)[C@@H](Cc2ccccc2)[C@@H](N2CCC2)CO3)C1. The summed E-state index contributed by atoms with van der Waals surface area (Å²) in [6.45, 7) is 10.4.